The van der Waals surface area contributed by atoms with Gasteiger partial charge in [-0.15, -0.1) is 6.58 Å². The summed E-state index contributed by atoms with van der Waals surface area (Å²) in [5, 5.41) is 8.17. The normalized spacial score (nSPS) is 9.20. The lowest BCUT2D eigenvalue weighted by atomic mass is 10.4. The molecular formula is C7H12O3. The second-order valence-electron chi connectivity index (χ2n) is 1.83. The van der Waals surface area contributed by atoms with Crippen LogP contribution in [0.2, 0.25) is 0 Å². The molecule has 0 aliphatic heterocycles. The smallest absolute Gasteiger partial charge is 0.305 e. The number of hydrogen-bond acceptors (Lipinski definition) is 2. The topological polar surface area (TPSA) is 46.5 Å². The number of carboxylic acids is 1. The lowest BCUT2D eigenvalue weighted by molar-refractivity contribution is -0.138. The number of rotatable bonds is 6. The minimum Gasteiger partial charge on any atom is -0.481 e. The molecule has 0 unspecified atom stereocenters. The zero-order valence-corrected chi connectivity index (χ0v) is 5.88. The largest absolute Gasteiger partial charge is 0.481 e. The van der Waals surface area contributed by atoms with Gasteiger partial charge < -0.3 is 9.84 Å². The number of carboxylic acid groups (broad SMARTS) is 1. The number of ether oxygens (including phenoxy) is 1. The Bertz CT molecular complexity index is 109. The molecule has 0 aliphatic rings. The molecule has 3 nitrogen and oxygen atoms in total. The molecule has 0 aromatic carbocycles. The Hall–Kier alpha value is -0.830. The highest BCUT2D eigenvalue weighted by atomic mass is 16.5. The molecule has 0 aliphatic carbocycles. The van der Waals surface area contributed by atoms with Crippen LogP contribution in [0.4, 0.5) is 0 Å². The average Bonchev–Trinajstić information content (AvgIpc) is 1.87. The molecule has 0 aromatic rings. The van der Waals surface area contributed by atoms with Crippen LogP contribution in [0.3, 0.4) is 0 Å². The van der Waals surface area contributed by atoms with Crippen LogP contribution in [-0.2, 0) is 9.53 Å². The second kappa shape index (κ2) is 6.29. The first-order chi connectivity index (χ1) is 4.77. The van der Waals surface area contributed by atoms with Crippen LogP contribution in [0.1, 0.15) is 12.8 Å². The van der Waals surface area contributed by atoms with Crippen molar-refractivity contribution in [3.8, 4) is 0 Å². The predicted octanol–water partition coefficient (Wildman–Crippen LogP) is 1.05. The Kier molecular flexibility index (Phi) is 5.77. The number of hydrogen-bond donors (Lipinski definition) is 1. The van der Waals surface area contributed by atoms with Gasteiger partial charge in [-0.1, -0.05) is 6.08 Å². The van der Waals surface area contributed by atoms with Gasteiger partial charge in [0, 0.05) is 0 Å². The molecule has 0 saturated carbocycles. The Labute approximate surface area is 60.3 Å². The molecule has 0 bridgehead atoms. The summed E-state index contributed by atoms with van der Waals surface area (Å²) in [5.74, 6) is -0.821. The molecule has 1 N–H and O–H groups in total. The predicted molar refractivity (Wildman–Crippen MR) is 37.9 cm³/mol. The lowest BCUT2D eigenvalue weighted by Crippen LogP contribution is -2.02. The van der Waals surface area contributed by atoms with Crippen molar-refractivity contribution >= 4 is 5.97 Å². The third-order valence-electron chi connectivity index (χ3n) is 0.927. The van der Waals surface area contributed by atoms with Crippen molar-refractivity contribution < 1.29 is 14.6 Å². The molecular weight excluding hydrogens is 132 g/mol. The van der Waals surface area contributed by atoms with Gasteiger partial charge >= 0.3 is 5.97 Å². The van der Waals surface area contributed by atoms with Crippen molar-refractivity contribution in [2.24, 2.45) is 0 Å². The van der Waals surface area contributed by atoms with Gasteiger partial charge in [0.05, 0.1) is 19.6 Å². The van der Waals surface area contributed by atoms with Crippen LogP contribution in [0, 0.1) is 0 Å². The van der Waals surface area contributed by atoms with Crippen molar-refractivity contribution in [3.63, 3.8) is 0 Å². The average molecular weight is 144 g/mol. The zero-order chi connectivity index (χ0) is 7.82. The standard InChI is InChI=1S/C7H12O3/c1-2-3-5-10-6-4-7(8)9/h2H,1,3-6H2,(H,8,9). The summed E-state index contributed by atoms with van der Waals surface area (Å²) in [5.41, 5.74) is 0. The van der Waals surface area contributed by atoms with Gasteiger partial charge in [0.15, 0.2) is 0 Å². The SMILES string of the molecule is C=CCCOCCC(=O)O. The Morgan fingerprint density at radius 2 is 2.30 bits per heavy atom. The van der Waals surface area contributed by atoms with Crippen LogP contribution in [0.15, 0.2) is 12.7 Å². The van der Waals surface area contributed by atoms with Crippen molar-refractivity contribution in [2.45, 2.75) is 12.8 Å². The van der Waals surface area contributed by atoms with E-state index < -0.39 is 5.97 Å². The number of carbonyl (C=O) groups is 1. The summed E-state index contributed by atoms with van der Waals surface area (Å²) in [6.45, 7) is 4.36. The summed E-state index contributed by atoms with van der Waals surface area (Å²) < 4.78 is 4.93. The third kappa shape index (κ3) is 7.17. The summed E-state index contributed by atoms with van der Waals surface area (Å²) in [6.07, 6.45) is 2.59. The summed E-state index contributed by atoms with van der Waals surface area (Å²) >= 11 is 0. The molecule has 0 spiro atoms. The van der Waals surface area contributed by atoms with Gasteiger partial charge in [0.1, 0.15) is 0 Å². The van der Waals surface area contributed by atoms with Crippen LogP contribution >= 0.6 is 0 Å². The maximum Gasteiger partial charge on any atom is 0.305 e. The summed E-state index contributed by atoms with van der Waals surface area (Å²) in [6, 6.07) is 0. The fourth-order valence-electron chi connectivity index (χ4n) is 0.428. The molecule has 0 rings (SSSR count). The van der Waals surface area contributed by atoms with E-state index in [0.717, 1.165) is 6.42 Å². The molecule has 58 valence electrons. The van der Waals surface area contributed by atoms with E-state index in [4.69, 9.17) is 9.84 Å². The summed E-state index contributed by atoms with van der Waals surface area (Å²) in [4.78, 5) is 9.93. The first kappa shape index (κ1) is 9.17. The van der Waals surface area contributed by atoms with Gasteiger partial charge in [0.25, 0.3) is 0 Å². The van der Waals surface area contributed by atoms with E-state index in [2.05, 4.69) is 6.58 Å². The second-order valence-corrected chi connectivity index (χ2v) is 1.83. The van der Waals surface area contributed by atoms with E-state index in [1.807, 2.05) is 0 Å². The van der Waals surface area contributed by atoms with Gasteiger partial charge in [-0.25, -0.2) is 0 Å². The molecule has 0 radical (unpaired) electrons. The molecule has 0 atom stereocenters. The minimum absolute atomic E-state index is 0.0805. The van der Waals surface area contributed by atoms with E-state index >= 15 is 0 Å². The van der Waals surface area contributed by atoms with Crippen LogP contribution in [0.25, 0.3) is 0 Å². The highest BCUT2D eigenvalue weighted by molar-refractivity contribution is 5.66. The van der Waals surface area contributed by atoms with Crippen LogP contribution in [-0.4, -0.2) is 24.3 Å². The fourth-order valence-corrected chi connectivity index (χ4v) is 0.428. The van der Waals surface area contributed by atoms with Crippen LogP contribution in [0.5, 0.6) is 0 Å². The van der Waals surface area contributed by atoms with E-state index in [1.54, 1.807) is 6.08 Å². The molecule has 0 fully saturated rings. The third-order valence-corrected chi connectivity index (χ3v) is 0.927. The molecule has 0 amide bonds. The summed E-state index contributed by atoms with van der Waals surface area (Å²) in [7, 11) is 0. The fraction of sp³-hybridized carbons (Fsp3) is 0.571. The minimum atomic E-state index is -0.821. The van der Waals surface area contributed by atoms with E-state index in [0.29, 0.717) is 13.2 Å². The Balaban J connectivity index is 2.90. The van der Waals surface area contributed by atoms with Crippen molar-refractivity contribution in [2.75, 3.05) is 13.2 Å². The zero-order valence-electron chi connectivity index (χ0n) is 5.88. The van der Waals surface area contributed by atoms with Crippen molar-refractivity contribution in [3.05, 3.63) is 12.7 Å². The van der Waals surface area contributed by atoms with Gasteiger partial charge in [-0.2, -0.15) is 0 Å². The maximum absolute atomic E-state index is 9.93. The van der Waals surface area contributed by atoms with E-state index in [1.165, 1.54) is 0 Å². The Morgan fingerprint density at radius 3 is 2.80 bits per heavy atom. The first-order valence-electron chi connectivity index (χ1n) is 3.18. The van der Waals surface area contributed by atoms with Crippen LogP contribution < -0.4 is 0 Å². The molecule has 0 aromatic heterocycles. The molecule has 3 heteroatoms. The van der Waals surface area contributed by atoms with Gasteiger partial charge in [0.2, 0.25) is 0 Å². The number of aliphatic carboxylic acids is 1. The van der Waals surface area contributed by atoms with E-state index in [9.17, 15) is 4.79 Å². The quantitative estimate of drug-likeness (QED) is 0.447. The maximum atomic E-state index is 9.93. The lowest BCUT2D eigenvalue weighted by Gasteiger charge is -1.97. The van der Waals surface area contributed by atoms with Crippen molar-refractivity contribution in [1.82, 2.24) is 0 Å². The molecule has 0 heterocycles. The van der Waals surface area contributed by atoms with Gasteiger partial charge in [-0.3, -0.25) is 4.79 Å². The monoisotopic (exact) mass is 144 g/mol. The van der Waals surface area contributed by atoms with Crippen molar-refractivity contribution in [1.29, 1.82) is 0 Å². The highest BCUT2D eigenvalue weighted by Crippen LogP contribution is 1.85. The molecule has 10 heavy (non-hydrogen) atoms. The highest BCUT2D eigenvalue weighted by Gasteiger charge is 1.94. The van der Waals surface area contributed by atoms with Gasteiger partial charge in [-0.05, 0) is 6.42 Å². The molecule has 0 saturated heterocycles. The van der Waals surface area contributed by atoms with E-state index in [-0.39, 0.29) is 6.42 Å². The Morgan fingerprint density at radius 1 is 1.60 bits per heavy atom. The first-order valence-corrected chi connectivity index (χ1v) is 3.18.